The molecule has 2 aliphatic heterocycles. The number of carbonyl (C=O) groups is 2. The van der Waals surface area contributed by atoms with Crippen molar-refractivity contribution < 1.29 is 27.1 Å². The number of benzene rings is 1. The van der Waals surface area contributed by atoms with Gasteiger partial charge in [0.25, 0.3) is 5.91 Å². The highest BCUT2D eigenvalue weighted by molar-refractivity contribution is 7.91. The number of hydrogen-bond acceptors (Lipinski definition) is 8. The van der Waals surface area contributed by atoms with Crippen molar-refractivity contribution in [2.24, 2.45) is 5.92 Å². The quantitative estimate of drug-likeness (QED) is 0.524. The van der Waals surface area contributed by atoms with E-state index in [0.29, 0.717) is 24.2 Å². The van der Waals surface area contributed by atoms with Crippen LogP contribution in [0.15, 0.2) is 30.5 Å². The average molecular weight is 530 g/mol. The summed E-state index contributed by atoms with van der Waals surface area (Å²) in [5.41, 5.74) is 0.202. The Labute approximate surface area is 214 Å². The third-order valence-electron chi connectivity index (χ3n) is 6.46. The first-order chi connectivity index (χ1) is 17.6. The van der Waals surface area contributed by atoms with Gasteiger partial charge in [-0.05, 0) is 42.5 Å². The Kier molecular flexibility index (Phi) is 7.63. The Hall–Kier alpha value is -3.72. The summed E-state index contributed by atoms with van der Waals surface area (Å²) < 4.78 is 43.2. The van der Waals surface area contributed by atoms with Crippen LogP contribution in [0.1, 0.15) is 48.7 Å². The maximum Gasteiger partial charge on any atom is 0.415 e. The Morgan fingerprint density at radius 2 is 2.00 bits per heavy atom. The summed E-state index contributed by atoms with van der Waals surface area (Å²) in [5, 5.41) is 5.66. The number of aromatic nitrogens is 2. The van der Waals surface area contributed by atoms with Crippen molar-refractivity contribution in [3.8, 4) is 12.3 Å². The van der Waals surface area contributed by atoms with Crippen LogP contribution in [-0.4, -0.2) is 60.6 Å². The highest BCUT2D eigenvalue weighted by Crippen LogP contribution is 2.27. The van der Waals surface area contributed by atoms with E-state index in [4.69, 9.17) is 11.2 Å². The zero-order valence-electron chi connectivity index (χ0n) is 20.5. The number of terminal acetylenes is 1. The van der Waals surface area contributed by atoms with Gasteiger partial charge in [-0.2, -0.15) is 4.98 Å². The minimum atomic E-state index is -3.07. The fraction of sp³-hybridized carbons (Fsp3) is 0.440. The van der Waals surface area contributed by atoms with Gasteiger partial charge in [0, 0.05) is 12.2 Å². The molecule has 2 N–H and O–H groups in total. The summed E-state index contributed by atoms with van der Waals surface area (Å²) in [6.45, 7) is 4.22. The predicted octanol–water partition coefficient (Wildman–Crippen LogP) is 2.69. The van der Waals surface area contributed by atoms with Crippen LogP contribution in [0.2, 0.25) is 0 Å². The minimum Gasteiger partial charge on any atom is -0.447 e. The number of ether oxygens (including phenoxy) is 1. The second-order valence-corrected chi connectivity index (χ2v) is 11.7. The van der Waals surface area contributed by atoms with Crippen LogP contribution in [0.4, 0.5) is 21.0 Å². The van der Waals surface area contributed by atoms with E-state index in [-0.39, 0.29) is 47.6 Å². The minimum absolute atomic E-state index is 0.00473. The fourth-order valence-electron chi connectivity index (χ4n) is 4.29. The molecular formula is C25H28FN5O5S. The number of amides is 2. The molecule has 2 saturated heterocycles. The summed E-state index contributed by atoms with van der Waals surface area (Å²) in [7, 11) is -3.07. The van der Waals surface area contributed by atoms with Gasteiger partial charge in [0.2, 0.25) is 5.95 Å². The average Bonchev–Trinajstić information content (AvgIpc) is 3.25. The van der Waals surface area contributed by atoms with Gasteiger partial charge in [0.05, 0.1) is 23.1 Å². The number of hydrogen-bond donors (Lipinski definition) is 2. The van der Waals surface area contributed by atoms with Crippen molar-refractivity contribution in [1.29, 1.82) is 0 Å². The third-order valence-corrected chi connectivity index (χ3v) is 8.18. The molecule has 37 heavy (non-hydrogen) atoms. The van der Waals surface area contributed by atoms with E-state index in [9.17, 15) is 22.4 Å². The molecule has 2 unspecified atom stereocenters. The second kappa shape index (κ2) is 10.7. The molecule has 2 aromatic rings. The molecule has 12 heteroatoms. The molecule has 1 aromatic carbocycles. The molecule has 3 heterocycles. The zero-order valence-corrected chi connectivity index (χ0v) is 21.3. The van der Waals surface area contributed by atoms with E-state index in [0.717, 1.165) is 6.07 Å². The third kappa shape index (κ3) is 5.99. The van der Waals surface area contributed by atoms with Gasteiger partial charge in [-0.3, -0.25) is 9.69 Å². The fourth-order valence-corrected chi connectivity index (χ4v) is 5.78. The van der Waals surface area contributed by atoms with Crippen molar-refractivity contribution in [3.05, 3.63) is 47.4 Å². The van der Waals surface area contributed by atoms with Gasteiger partial charge in [0.15, 0.2) is 0 Å². The first-order valence-corrected chi connectivity index (χ1v) is 13.7. The molecule has 2 aliphatic rings. The number of carbonyl (C=O) groups excluding carboxylic acids is 2. The Bertz CT molecular complexity index is 1330. The largest absolute Gasteiger partial charge is 0.447 e. The van der Waals surface area contributed by atoms with Crippen LogP contribution in [0.3, 0.4) is 0 Å². The molecule has 0 bridgehead atoms. The number of anilines is 2. The number of rotatable bonds is 7. The first-order valence-electron chi connectivity index (χ1n) is 11.9. The van der Waals surface area contributed by atoms with Crippen LogP contribution in [0, 0.1) is 24.1 Å². The van der Waals surface area contributed by atoms with E-state index in [1.54, 1.807) is 6.07 Å². The van der Waals surface area contributed by atoms with Gasteiger partial charge in [-0.1, -0.05) is 25.8 Å². The summed E-state index contributed by atoms with van der Waals surface area (Å²) in [4.78, 5) is 34.9. The summed E-state index contributed by atoms with van der Waals surface area (Å²) in [5.74, 6) is 1.75. The molecule has 0 saturated carbocycles. The number of halogens is 1. The van der Waals surface area contributed by atoms with Gasteiger partial charge in [-0.25, -0.2) is 22.6 Å². The molecule has 1 aromatic heterocycles. The molecule has 2 fully saturated rings. The van der Waals surface area contributed by atoms with Crippen LogP contribution in [0.5, 0.6) is 0 Å². The van der Waals surface area contributed by atoms with Gasteiger partial charge in [-0.15, -0.1) is 6.42 Å². The SMILES string of the molecule is C#CC(Nc1nccc(N2C(=O)OCC2C(C)C)n1)c1ccc(C(=O)NC2CCS(=O)(=O)CC2)c(F)c1. The van der Waals surface area contributed by atoms with Crippen molar-refractivity contribution in [1.82, 2.24) is 15.3 Å². The van der Waals surface area contributed by atoms with Gasteiger partial charge < -0.3 is 15.4 Å². The summed E-state index contributed by atoms with van der Waals surface area (Å²) >= 11 is 0. The lowest BCUT2D eigenvalue weighted by molar-refractivity contribution is 0.0930. The Morgan fingerprint density at radius 3 is 2.65 bits per heavy atom. The number of nitrogens with one attached hydrogen (secondary N) is 2. The number of nitrogens with zero attached hydrogens (tertiary/aromatic N) is 3. The van der Waals surface area contributed by atoms with Gasteiger partial charge >= 0.3 is 6.09 Å². The van der Waals surface area contributed by atoms with E-state index in [1.807, 2.05) is 13.8 Å². The van der Waals surface area contributed by atoms with E-state index >= 15 is 0 Å². The lowest BCUT2D eigenvalue weighted by Gasteiger charge is -2.24. The lowest BCUT2D eigenvalue weighted by atomic mass is 10.0. The van der Waals surface area contributed by atoms with E-state index in [1.165, 1.54) is 23.2 Å². The maximum absolute atomic E-state index is 14.9. The second-order valence-electron chi connectivity index (χ2n) is 9.38. The molecule has 2 amide bonds. The van der Waals surface area contributed by atoms with Crippen molar-refractivity contribution >= 4 is 33.6 Å². The van der Waals surface area contributed by atoms with Crippen LogP contribution < -0.4 is 15.5 Å². The van der Waals surface area contributed by atoms with Crippen LogP contribution in [-0.2, 0) is 14.6 Å². The van der Waals surface area contributed by atoms with Crippen molar-refractivity contribution in [2.45, 2.75) is 44.8 Å². The molecular weight excluding hydrogens is 501 g/mol. The van der Waals surface area contributed by atoms with Gasteiger partial charge in [0.1, 0.15) is 34.1 Å². The smallest absolute Gasteiger partial charge is 0.415 e. The van der Waals surface area contributed by atoms with E-state index in [2.05, 4.69) is 26.5 Å². The Morgan fingerprint density at radius 1 is 1.27 bits per heavy atom. The molecule has 0 radical (unpaired) electrons. The standard InChI is InChI=1S/C25H28FN5O5S/c1-4-20(29-24-27-10-7-22(30-24)31-21(15(2)3)14-36-25(31)33)16-5-6-18(19(26)13-16)23(32)28-17-8-11-37(34,35)12-9-17/h1,5-7,10,13,15,17,20-21H,8-9,11-12,14H2,2-3H3,(H,28,32)(H,27,29,30). The Balaban J connectivity index is 1.46. The molecule has 0 aliphatic carbocycles. The summed E-state index contributed by atoms with van der Waals surface area (Å²) in [6, 6.07) is 4.28. The maximum atomic E-state index is 14.9. The highest BCUT2D eigenvalue weighted by Gasteiger charge is 2.37. The molecule has 0 spiro atoms. The number of sulfone groups is 1. The molecule has 2 atom stereocenters. The zero-order chi connectivity index (χ0) is 26.7. The molecule has 10 nitrogen and oxygen atoms in total. The topological polar surface area (TPSA) is 131 Å². The monoisotopic (exact) mass is 529 g/mol. The van der Waals surface area contributed by atoms with Crippen LogP contribution >= 0.6 is 0 Å². The van der Waals surface area contributed by atoms with Crippen molar-refractivity contribution in [2.75, 3.05) is 28.3 Å². The molecule has 4 rings (SSSR count). The predicted molar refractivity (Wildman–Crippen MR) is 135 cm³/mol. The van der Waals surface area contributed by atoms with Crippen molar-refractivity contribution in [3.63, 3.8) is 0 Å². The summed E-state index contributed by atoms with van der Waals surface area (Å²) in [6.07, 6.45) is 7.26. The normalized spacial score (nSPS) is 20.2. The van der Waals surface area contributed by atoms with Crippen LogP contribution in [0.25, 0.3) is 0 Å². The van der Waals surface area contributed by atoms with E-state index < -0.39 is 33.7 Å². The lowest BCUT2D eigenvalue weighted by Crippen LogP contribution is -2.41. The molecule has 196 valence electrons. The first kappa shape index (κ1) is 26.3. The number of cyclic esters (lactones) is 1. The highest BCUT2D eigenvalue weighted by atomic mass is 32.2.